The quantitative estimate of drug-likeness (QED) is 0.504. The molecule has 0 aliphatic rings. The van der Waals surface area contributed by atoms with Gasteiger partial charge in [0.25, 0.3) is 0 Å². The number of fused-ring (bicyclic) bond motifs is 1. The van der Waals surface area contributed by atoms with Crippen molar-refractivity contribution in [1.29, 1.82) is 0 Å². The third-order valence-electron chi connectivity index (χ3n) is 3.63. The number of para-hydroxylation sites is 1. The number of rotatable bonds is 7. The number of hydrogen-bond donors (Lipinski definition) is 2. The Balaban J connectivity index is 1.89. The van der Waals surface area contributed by atoms with Crippen LogP contribution >= 0.6 is 0 Å². The van der Waals surface area contributed by atoms with Gasteiger partial charge in [0.05, 0.1) is 11.1 Å². The fraction of sp³-hybridized carbons (Fsp3) is 0.100. The molecular formula is C20H19FN4. The van der Waals surface area contributed by atoms with Crippen molar-refractivity contribution in [2.24, 2.45) is 0 Å². The van der Waals surface area contributed by atoms with Gasteiger partial charge in [-0.05, 0) is 36.5 Å². The molecule has 4 nitrogen and oxygen atoms in total. The van der Waals surface area contributed by atoms with Crippen LogP contribution < -0.4 is 10.6 Å². The highest BCUT2D eigenvalue weighted by atomic mass is 19.1. The Kier molecular flexibility index (Phi) is 5.36. The van der Waals surface area contributed by atoms with Crippen LogP contribution in [0.25, 0.3) is 22.3 Å². The van der Waals surface area contributed by atoms with Gasteiger partial charge in [-0.25, -0.2) is 14.4 Å². The van der Waals surface area contributed by atoms with E-state index in [1.165, 1.54) is 6.07 Å². The molecule has 2 aromatic carbocycles. The third-order valence-corrected chi connectivity index (χ3v) is 3.63. The molecule has 0 spiro atoms. The maximum Gasteiger partial charge on any atom is 0.165 e. The van der Waals surface area contributed by atoms with E-state index in [-0.39, 0.29) is 5.82 Å². The summed E-state index contributed by atoms with van der Waals surface area (Å²) in [7, 11) is 0. The summed E-state index contributed by atoms with van der Waals surface area (Å²) in [5.74, 6) is 0.733. The van der Waals surface area contributed by atoms with Crippen LogP contribution in [0.3, 0.4) is 0 Å². The van der Waals surface area contributed by atoms with Gasteiger partial charge in [0, 0.05) is 18.5 Å². The third kappa shape index (κ3) is 4.01. The van der Waals surface area contributed by atoms with Crippen molar-refractivity contribution in [1.82, 2.24) is 15.3 Å². The first-order valence-electron chi connectivity index (χ1n) is 8.06. The van der Waals surface area contributed by atoms with Gasteiger partial charge in [0.1, 0.15) is 11.6 Å². The van der Waals surface area contributed by atoms with Crippen LogP contribution in [0.1, 0.15) is 0 Å². The van der Waals surface area contributed by atoms with Gasteiger partial charge >= 0.3 is 0 Å². The highest BCUT2D eigenvalue weighted by Crippen LogP contribution is 2.26. The Bertz CT molecular complexity index is 905. The number of allylic oxidation sites excluding steroid dienone is 2. The van der Waals surface area contributed by atoms with Gasteiger partial charge in [0.15, 0.2) is 5.82 Å². The van der Waals surface area contributed by atoms with Gasteiger partial charge in [-0.15, -0.1) is 0 Å². The molecule has 1 aromatic heterocycles. The van der Waals surface area contributed by atoms with Gasteiger partial charge in [-0.1, -0.05) is 36.9 Å². The molecule has 0 aliphatic carbocycles. The summed E-state index contributed by atoms with van der Waals surface area (Å²) in [6.45, 7) is 5.00. The van der Waals surface area contributed by atoms with Crippen LogP contribution in [0, 0.1) is 5.82 Å². The van der Waals surface area contributed by atoms with E-state index in [0.29, 0.717) is 23.8 Å². The van der Waals surface area contributed by atoms with E-state index in [9.17, 15) is 4.39 Å². The molecule has 126 valence electrons. The second-order valence-electron chi connectivity index (χ2n) is 5.37. The number of nitrogens with zero attached hydrogens (tertiary/aromatic N) is 2. The summed E-state index contributed by atoms with van der Waals surface area (Å²) in [5, 5.41) is 7.35. The predicted molar refractivity (Wildman–Crippen MR) is 101 cm³/mol. The Morgan fingerprint density at radius 2 is 1.80 bits per heavy atom. The van der Waals surface area contributed by atoms with Gasteiger partial charge in [0.2, 0.25) is 0 Å². The van der Waals surface area contributed by atoms with Crippen LogP contribution in [0.4, 0.5) is 10.2 Å². The Hall–Kier alpha value is -3.21. The molecule has 0 fully saturated rings. The van der Waals surface area contributed by atoms with E-state index in [1.807, 2.05) is 36.5 Å². The van der Waals surface area contributed by atoms with Crippen LogP contribution in [-0.4, -0.2) is 23.1 Å². The summed E-state index contributed by atoms with van der Waals surface area (Å²) in [6, 6.07) is 14.2. The molecular weight excluding hydrogens is 315 g/mol. The zero-order valence-electron chi connectivity index (χ0n) is 13.7. The van der Waals surface area contributed by atoms with Crippen molar-refractivity contribution in [3.63, 3.8) is 0 Å². The normalized spacial score (nSPS) is 10.9. The average molecular weight is 334 g/mol. The molecule has 0 saturated carbocycles. The Morgan fingerprint density at radius 1 is 1.00 bits per heavy atom. The van der Waals surface area contributed by atoms with E-state index in [0.717, 1.165) is 17.4 Å². The number of aromatic nitrogens is 2. The van der Waals surface area contributed by atoms with Crippen molar-refractivity contribution in [2.75, 3.05) is 18.4 Å². The Morgan fingerprint density at radius 3 is 2.64 bits per heavy atom. The topological polar surface area (TPSA) is 49.8 Å². The van der Waals surface area contributed by atoms with Gasteiger partial charge in [-0.3, -0.25) is 0 Å². The Labute approximate surface area is 146 Å². The molecule has 3 rings (SSSR count). The molecule has 0 atom stereocenters. The van der Waals surface area contributed by atoms with Crippen molar-refractivity contribution < 1.29 is 4.39 Å². The summed E-state index contributed by atoms with van der Waals surface area (Å²) < 4.78 is 14.1. The highest BCUT2D eigenvalue weighted by Gasteiger charge is 2.11. The zero-order valence-corrected chi connectivity index (χ0v) is 13.7. The van der Waals surface area contributed by atoms with E-state index >= 15 is 0 Å². The van der Waals surface area contributed by atoms with E-state index in [1.54, 1.807) is 24.3 Å². The predicted octanol–water partition coefficient (Wildman–Crippen LogP) is 4.14. The van der Waals surface area contributed by atoms with E-state index in [2.05, 4.69) is 27.2 Å². The first-order valence-corrected chi connectivity index (χ1v) is 8.06. The minimum atomic E-state index is -0.333. The lowest BCUT2D eigenvalue weighted by Crippen LogP contribution is -2.18. The van der Waals surface area contributed by atoms with E-state index in [4.69, 9.17) is 0 Å². The second-order valence-corrected chi connectivity index (χ2v) is 5.37. The number of halogens is 1. The molecule has 2 N–H and O–H groups in total. The molecule has 3 aromatic rings. The molecule has 5 heteroatoms. The van der Waals surface area contributed by atoms with Gasteiger partial charge in [-0.2, -0.15) is 0 Å². The van der Waals surface area contributed by atoms with Crippen molar-refractivity contribution in [3.05, 3.63) is 79.3 Å². The molecule has 0 aliphatic heterocycles. The van der Waals surface area contributed by atoms with Crippen LogP contribution in [0.2, 0.25) is 0 Å². The van der Waals surface area contributed by atoms with E-state index < -0.39 is 0 Å². The average Bonchev–Trinajstić information content (AvgIpc) is 2.64. The zero-order chi connectivity index (χ0) is 17.5. The van der Waals surface area contributed by atoms with Crippen LogP contribution in [0.15, 0.2) is 73.5 Å². The molecule has 0 saturated heterocycles. The standard InChI is InChI=1S/C20H19FN4/c1-2-3-12-22-13-14-23-19-16-9-5-7-11-18(16)24-20(25-19)15-8-4-6-10-17(15)21/h2-12,22H,1,13-14H2,(H,23,24,25)/b12-3+. The maximum atomic E-state index is 14.1. The summed E-state index contributed by atoms with van der Waals surface area (Å²) in [6.07, 6.45) is 5.37. The molecule has 1 heterocycles. The smallest absolute Gasteiger partial charge is 0.165 e. The monoisotopic (exact) mass is 334 g/mol. The molecule has 0 bridgehead atoms. The molecule has 0 unspecified atom stereocenters. The minimum Gasteiger partial charge on any atom is -0.389 e. The first-order chi connectivity index (χ1) is 12.3. The summed E-state index contributed by atoms with van der Waals surface area (Å²) in [5.41, 5.74) is 1.17. The number of anilines is 1. The second kappa shape index (κ2) is 8.06. The largest absolute Gasteiger partial charge is 0.389 e. The lowest BCUT2D eigenvalue weighted by Gasteiger charge is -2.11. The molecule has 0 amide bonds. The number of hydrogen-bond acceptors (Lipinski definition) is 4. The first kappa shape index (κ1) is 16.6. The van der Waals surface area contributed by atoms with Gasteiger partial charge < -0.3 is 10.6 Å². The van der Waals surface area contributed by atoms with Crippen LogP contribution in [-0.2, 0) is 0 Å². The number of benzene rings is 2. The SMILES string of the molecule is C=C/C=C/NCCNc1nc(-c2ccccc2F)nc2ccccc12. The fourth-order valence-corrected chi connectivity index (χ4v) is 2.45. The fourth-order valence-electron chi connectivity index (χ4n) is 2.45. The lowest BCUT2D eigenvalue weighted by atomic mass is 10.1. The summed E-state index contributed by atoms with van der Waals surface area (Å²) in [4.78, 5) is 9.05. The lowest BCUT2D eigenvalue weighted by molar-refractivity contribution is 0.630. The van der Waals surface area contributed by atoms with Crippen molar-refractivity contribution >= 4 is 16.7 Å². The summed E-state index contributed by atoms with van der Waals surface area (Å²) >= 11 is 0. The highest BCUT2D eigenvalue weighted by molar-refractivity contribution is 5.90. The molecule has 0 radical (unpaired) electrons. The number of nitrogens with one attached hydrogen (secondary N) is 2. The van der Waals surface area contributed by atoms with Crippen LogP contribution in [0.5, 0.6) is 0 Å². The maximum absolute atomic E-state index is 14.1. The van der Waals surface area contributed by atoms with Crippen molar-refractivity contribution in [2.45, 2.75) is 0 Å². The van der Waals surface area contributed by atoms with Crippen molar-refractivity contribution in [3.8, 4) is 11.4 Å². The molecule has 25 heavy (non-hydrogen) atoms. The minimum absolute atomic E-state index is 0.333.